The smallest absolute Gasteiger partial charge is 0.231 e. The summed E-state index contributed by atoms with van der Waals surface area (Å²) in [6.45, 7) is 4.57. The predicted molar refractivity (Wildman–Crippen MR) is 106 cm³/mol. The molecule has 3 aromatic rings. The van der Waals surface area contributed by atoms with Crippen molar-refractivity contribution in [3.8, 4) is 11.5 Å². The normalized spacial score (nSPS) is 14.1. The van der Waals surface area contributed by atoms with Crippen LogP contribution in [-0.2, 0) is 6.61 Å². The molecule has 0 bridgehead atoms. The van der Waals surface area contributed by atoms with Crippen LogP contribution in [0.3, 0.4) is 0 Å². The topological polar surface area (TPSA) is 35.5 Å². The van der Waals surface area contributed by atoms with E-state index in [1.165, 1.54) is 11.1 Å². The van der Waals surface area contributed by atoms with Crippen LogP contribution in [0.1, 0.15) is 32.6 Å². The van der Waals surface area contributed by atoms with Crippen LogP contribution in [0, 0.1) is 13.8 Å². The fraction of sp³-hybridized carbons (Fsp3) is 0.125. The number of aryl methyl sites for hydroxylation is 2. The molecule has 0 amide bonds. The number of ketones is 1. The second-order valence-electron chi connectivity index (χ2n) is 6.72. The highest BCUT2D eigenvalue weighted by Crippen LogP contribution is 2.35. The van der Waals surface area contributed by atoms with Crippen LogP contribution in [0.2, 0.25) is 0 Å². The van der Waals surface area contributed by atoms with E-state index in [0.717, 1.165) is 11.1 Å². The van der Waals surface area contributed by atoms with Gasteiger partial charge in [0.2, 0.25) is 5.78 Å². The summed E-state index contributed by atoms with van der Waals surface area (Å²) >= 11 is 0. The van der Waals surface area contributed by atoms with Crippen LogP contribution in [0.15, 0.2) is 72.5 Å². The molecular weight excluding hydrogens is 336 g/mol. The maximum Gasteiger partial charge on any atom is 0.231 e. The average Bonchev–Trinajstić information content (AvgIpc) is 2.98. The van der Waals surface area contributed by atoms with Gasteiger partial charge < -0.3 is 9.47 Å². The number of Topliss-reactive ketones (excluding diaryl/α,β-unsaturated/α-hetero) is 1. The molecule has 0 saturated heterocycles. The number of carbonyl (C=O) groups excluding carboxylic acids is 1. The zero-order valence-electron chi connectivity index (χ0n) is 15.4. The molecule has 1 aliphatic heterocycles. The van der Waals surface area contributed by atoms with Crippen LogP contribution in [0.25, 0.3) is 6.08 Å². The van der Waals surface area contributed by atoms with Crippen LogP contribution >= 0.6 is 0 Å². The lowest BCUT2D eigenvalue weighted by Gasteiger charge is -2.09. The third-order valence-corrected chi connectivity index (χ3v) is 4.67. The zero-order chi connectivity index (χ0) is 18.8. The second-order valence-corrected chi connectivity index (χ2v) is 6.72. The molecule has 0 unspecified atom stereocenters. The molecule has 27 heavy (non-hydrogen) atoms. The molecule has 3 heteroatoms. The summed E-state index contributed by atoms with van der Waals surface area (Å²) < 4.78 is 11.7. The van der Waals surface area contributed by atoms with Gasteiger partial charge in [-0.15, -0.1) is 0 Å². The number of allylic oxidation sites excluding steroid dienone is 1. The average molecular weight is 356 g/mol. The molecule has 0 saturated carbocycles. The molecule has 134 valence electrons. The van der Waals surface area contributed by atoms with E-state index in [2.05, 4.69) is 13.0 Å². The van der Waals surface area contributed by atoms with E-state index in [1.54, 1.807) is 18.2 Å². The van der Waals surface area contributed by atoms with Gasteiger partial charge in [-0.2, -0.15) is 0 Å². The fourth-order valence-electron chi connectivity index (χ4n) is 3.00. The molecule has 3 nitrogen and oxygen atoms in total. The van der Waals surface area contributed by atoms with Crippen LogP contribution in [-0.4, -0.2) is 5.78 Å². The van der Waals surface area contributed by atoms with Gasteiger partial charge in [-0.3, -0.25) is 4.79 Å². The van der Waals surface area contributed by atoms with Crippen LogP contribution < -0.4 is 9.47 Å². The Hall–Kier alpha value is -3.33. The molecule has 0 fully saturated rings. The SMILES string of the molecule is Cc1ccc(C=C2Oc3cc(OCc4ccccc4C)ccc3C2=O)cc1. The van der Waals surface area contributed by atoms with Crippen molar-refractivity contribution < 1.29 is 14.3 Å². The van der Waals surface area contributed by atoms with Gasteiger partial charge in [0.1, 0.15) is 18.1 Å². The standard InChI is InChI=1S/C24H20O3/c1-16-7-9-18(10-8-16)13-23-24(25)21-12-11-20(14-22(21)27-23)26-15-19-6-4-3-5-17(19)2/h3-14H,15H2,1-2H3. The highest BCUT2D eigenvalue weighted by Gasteiger charge is 2.27. The summed E-state index contributed by atoms with van der Waals surface area (Å²) in [7, 11) is 0. The molecule has 0 spiro atoms. The molecule has 3 aromatic carbocycles. The van der Waals surface area contributed by atoms with Crippen LogP contribution in [0.4, 0.5) is 0 Å². The Morgan fingerprint density at radius 1 is 0.963 bits per heavy atom. The summed E-state index contributed by atoms with van der Waals surface area (Å²) in [5.74, 6) is 1.46. The van der Waals surface area contributed by atoms with Crippen molar-refractivity contribution in [2.75, 3.05) is 0 Å². The number of carbonyl (C=O) groups is 1. The van der Waals surface area contributed by atoms with Crippen molar-refractivity contribution in [2.24, 2.45) is 0 Å². The lowest BCUT2D eigenvalue weighted by atomic mass is 10.1. The Labute approximate surface area is 158 Å². The number of rotatable bonds is 4. The first-order valence-electron chi connectivity index (χ1n) is 8.92. The highest BCUT2D eigenvalue weighted by molar-refractivity contribution is 6.14. The van der Waals surface area contributed by atoms with Crippen molar-refractivity contribution >= 4 is 11.9 Å². The second kappa shape index (κ2) is 7.12. The Balaban J connectivity index is 1.52. The molecule has 1 heterocycles. The van der Waals surface area contributed by atoms with E-state index >= 15 is 0 Å². The quantitative estimate of drug-likeness (QED) is 0.579. The Kier molecular flexibility index (Phi) is 4.51. The van der Waals surface area contributed by atoms with E-state index in [4.69, 9.17) is 9.47 Å². The van der Waals surface area contributed by atoms with E-state index in [1.807, 2.05) is 55.5 Å². The largest absolute Gasteiger partial charge is 0.489 e. The Bertz CT molecular complexity index is 1030. The van der Waals surface area contributed by atoms with Gasteiger partial charge in [0, 0.05) is 6.07 Å². The molecule has 0 aliphatic carbocycles. The highest BCUT2D eigenvalue weighted by atomic mass is 16.5. The third-order valence-electron chi connectivity index (χ3n) is 4.67. The van der Waals surface area contributed by atoms with Crippen molar-refractivity contribution in [3.05, 3.63) is 100 Å². The molecule has 4 rings (SSSR count). The van der Waals surface area contributed by atoms with Crippen LogP contribution in [0.5, 0.6) is 11.5 Å². The monoisotopic (exact) mass is 356 g/mol. The van der Waals surface area contributed by atoms with Gasteiger partial charge in [-0.25, -0.2) is 0 Å². The molecular formula is C24H20O3. The van der Waals surface area contributed by atoms with Gasteiger partial charge >= 0.3 is 0 Å². The minimum absolute atomic E-state index is 0.101. The van der Waals surface area contributed by atoms with Crippen molar-refractivity contribution in [2.45, 2.75) is 20.5 Å². The molecule has 0 radical (unpaired) electrons. The summed E-state index contributed by atoms with van der Waals surface area (Å²) in [5.41, 5.74) is 5.00. The van der Waals surface area contributed by atoms with Gasteiger partial charge in [0.25, 0.3) is 0 Å². The summed E-state index contributed by atoms with van der Waals surface area (Å²) in [6.07, 6.45) is 1.77. The summed E-state index contributed by atoms with van der Waals surface area (Å²) in [6, 6.07) is 21.4. The number of ether oxygens (including phenoxy) is 2. The molecule has 0 atom stereocenters. The predicted octanol–water partition coefficient (Wildman–Crippen LogP) is 5.50. The lowest BCUT2D eigenvalue weighted by molar-refractivity contribution is 0.101. The minimum atomic E-state index is -0.101. The van der Waals surface area contributed by atoms with Gasteiger partial charge in [0.15, 0.2) is 5.76 Å². The summed E-state index contributed by atoms with van der Waals surface area (Å²) in [4.78, 5) is 12.6. The maximum absolute atomic E-state index is 12.6. The van der Waals surface area contributed by atoms with Crippen molar-refractivity contribution in [1.29, 1.82) is 0 Å². The van der Waals surface area contributed by atoms with Crippen molar-refractivity contribution in [1.82, 2.24) is 0 Å². The Morgan fingerprint density at radius 3 is 2.52 bits per heavy atom. The lowest BCUT2D eigenvalue weighted by Crippen LogP contribution is -1.98. The first kappa shape index (κ1) is 17.1. The molecule has 0 N–H and O–H groups in total. The molecule has 0 aromatic heterocycles. The number of benzene rings is 3. The maximum atomic E-state index is 12.6. The first-order chi connectivity index (χ1) is 13.1. The zero-order valence-corrected chi connectivity index (χ0v) is 15.4. The Morgan fingerprint density at radius 2 is 1.74 bits per heavy atom. The van der Waals surface area contributed by atoms with E-state index in [0.29, 0.717) is 29.4 Å². The fourth-order valence-corrected chi connectivity index (χ4v) is 3.00. The van der Waals surface area contributed by atoms with E-state index in [-0.39, 0.29) is 5.78 Å². The summed E-state index contributed by atoms with van der Waals surface area (Å²) in [5, 5.41) is 0. The number of hydrogen-bond acceptors (Lipinski definition) is 3. The van der Waals surface area contributed by atoms with Gasteiger partial charge in [-0.1, -0.05) is 54.1 Å². The molecule has 1 aliphatic rings. The van der Waals surface area contributed by atoms with E-state index < -0.39 is 0 Å². The van der Waals surface area contributed by atoms with Gasteiger partial charge in [-0.05, 0) is 48.7 Å². The van der Waals surface area contributed by atoms with Crippen molar-refractivity contribution in [3.63, 3.8) is 0 Å². The first-order valence-corrected chi connectivity index (χ1v) is 8.92. The minimum Gasteiger partial charge on any atom is -0.489 e. The van der Waals surface area contributed by atoms with E-state index in [9.17, 15) is 4.79 Å². The number of hydrogen-bond donors (Lipinski definition) is 0. The number of fused-ring (bicyclic) bond motifs is 1. The van der Waals surface area contributed by atoms with Gasteiger partial charge in [0.05, 0.1) is 5.56 Å². The third kappa shape index (κ3) is 3.63.